The molecule has 2 heterocycles. The second kappa shape index (κ2) is 7.97. The van der Waals surface area contributed by atoms with Crippen molar-refractivity contribution in [3.63, 3.8) is 0 Å². The summed E-state index contributed by atoms with van der Waals surface area (Å²) in [6, 6.07) is 7.01. The van der Waals surface area contributed by atoms with E-state index < -0.39 is 5.82 Å². The molecule has 1 aromatic rings. The minimum absolute atomic E-state index is 0.0948. The first-order valence-corrected chi connectivity index (χ1v) is 10.2. The van der Waals surface area contributed by atoms with Gasteiger partial charge < -0.3 is 10.2 Å². The Morgan fingerprint density at radius 3 is 2.44 bits per heavy atom. The SMILES string of the molecule is O=C(NC1CC1)[C@H]1CCCN(C2CCN(C(=O)c3ccccc3F)CC2)C1. The van der Waals surface area contributed by atoms with Crippen molar-refractivity contribution >= 4 is 11.8 Å². The van der Waals surface area contributed by atoms with Crippen LogP contribution >= 0.6 is 0 Å². The third-order valence-electron chi connectivity index (χ3n) is 6.12. The summed E-state index contributed by atoms with van der Waals surface area (Å²) in [5.41, 5.74) is 0.158. The normalized spacial score (nSPS) is 24.6. The smallest absolute Gasteiger partial charge is 0.256 e. The molecule has 0 unspecified atom stereocenters. The summed E-state index contributed by atoms with van der Waals surface area (Å²) in [7, 11) is 0. The quantitative estimate of drug-likeness (QED) is 0.882. The van der Waals surface area contributed by atoms with Crippen molar-refractivity contribution in [3.05, 3.63) is 35.6 Å². The maximum atomic E-state index is 13.9. The third-order valence-corrected chi connectivity index (χ3v) is 6.12. The molecule has 1 aromatic carbocycles. The molecule has 3 aliphatic rings. The maximum absolute atomic E-state index is 13.9. The van der Waals surface area contributed by atoms with Gasteiger partial charge in [-0.1, -0.05) is 12.1 Å². The molecule has 0 bridgehead atoms. The van der Waals surface area contributed by atoms with Gasteiger partial charge >= 0.3 is 0 Å². The molecule has 3 fully saturated rings. The molecule has 1 atom stereocenters. The van der Waals surface area contributed by atoms with Crippen LogP contribution in [0.1, 0.15) is 48.9 Å². The number of carbonyl (C=O) groups excluding carboxylic acids is 2. The van der Waals surface area contributed by atoms with Gasteiger partial charge in [0, 0.05) is 31.7 Å². The van der Waals surface area contributed by atoms with E-state index in [4.69, 9.17) is 0 Å². The van der Waals surface area contributed by atoms with Crippen LogP contribution in [0.25, 0.3) is 0 Å². The van der Waals surface area contributed by atoms with Crippen LogP contribution in [-0.2, 0) is 4.79 Å². The number of nitrogens with one attached hydrogen (secondary N) is 1. The number of rotatable bonds is 4. The van der Waals surface area contributed by atoms with Crippen LogP contribution in [0.4, 0.5) is 4.39 Å². The van der Waals surface area contributed by atoms with Gasteiger partial charge in [-0.2, -0.15) is 0 Å². The van der Waals surface area contributed by atoms with Gasteiger partial charge in [-0.15, -0.1) is 0 Å². The van der Waals surface area contributed by atoms with Crippen molar-refractivity contribution in [2.45, 2.75) is 50.6 Å². The number of benzene rings is 1. The Labute approximate surface area is 159 Å². The van der Waals surface area contributed by atoms with Gasteiger partial charge in [0.1, 0.15) is 5.82 Å². The zero-order valence-corrected chi connectivity index (χ0v) is 15.7. The van der Waals surface area contributed by atoms with Crippen LogP contribution in [0, 0.1) is 11.7 Å². The Bertz CT molecular complexity index is 698. The van der Waals surface area contributed by atoms with Crippen molar-refractivity contribution in [2.75, 3.05) is 26.2 Å². The van der Waals surface area contributed by atoms with Crippen LogP contribution < -0.4 is 5.32 Å². The van der Waals surface area contributed by atoms with E-state index in [0.717, 1.165) is 51.6 Å². The second-order valence-electron chi connectivity index (χ2n) is 8.12. The van der Waals surface area contributed by atoms with E-state index in [1.165, 1.54) is 6.07 Å². The fourth-order valence-corrected chi connectivity index (χ4v) is 4.34. The molecule has 1 N–H and O–H groups in total. The Kier molecular flexibility index (Phi) is 5.43. The highest BCUT2D eigenvalue weighted by Gasteiger charge is 2.34. The molecule has 0 aromatic heterocycles. The molecule has 2 aliphatic heterocycles. The summed E-state index contributed by atoms with van der Waals surface area (Å²) in [6.07, 6.45) is 6.04. The highest BCUT2D eigenvalue weighted by molar-refractivity contribution is 5.94. The summed E-state index contributed by atoms with van der Waals surface area (Å²) in [5.74, 6) is -0.358. The third kappa shape index (κ3) is 4.32. The highest BCUT2D eigenvalue weighted by atomic mass is 19.1. The van der Waals surface area contributed by atoms with Crippen molar-refractivity contribution in [2.24, 2.45) is 5.92 Å². The lowest BCUT2D eigenvalue weighted by atomic mass is 9.93. The molecule has 0 radical (unpaired) electrons. The predicted molar refractivity (Wildman–Crippen MR) is 101 cm³/mol. The minimum Gasteiger partial charge on any atom is -0.353 e. The first-order valence-electron chi connectivity index (χ1n) is 10.2. The first kappa shape index (κ1) is 18.4. The number of likely N-dealkylation sites (tertiary alicyclic amines) is 2. The summed E-state index contributed by atoms with van der Waals surface area (Å²) in [6.45, 7) is 3.14. The Morgan fingerprint density at radius 2 is 1.74 bits per heavy atom. The standard InChI is InChI=1S/C21H28FN3O2/c22-19-6-2-1-5-18(19)21(27)24-12-9-17(10-13-24)25-11-3-4-15(14-25)20(26)23-16-7-8-16/h1-2,5-6,15-17H,3-4,7-14H2,(H,23,26)/t15-/m0/s1. The van der Waals surface area contributed by atoms with Gasteiger partial charge in [-0.25, -0.2) is 4.39 Å². The molecule has 4 rings (SSSR count). The average Bonchev–Trinajstić information content (AvgIpc) is 3.52. The number of hydrogen-bond donors (Lipinski definition) is 1. The lowest BCUT2D eigenvalue weighted by Crippen LogP contribution is -2.51. The monoisotopic (exact) mass is 373 g/mol. The Balaban J connectivity index is 1.30. The fraction of sp³-hybridized carbons (Fsp3) is 0.619. The summed E-state index contributed by atoms with van der Waals surface area (Å²) in [4.78, 5) is 29.1. The number of nitrogens with zero attached hydrogens (tertiary/aromatic N) is 2. The number of piperidine rings is 2. The molecule has 27 heavy (non-hydrogen) atoms. The predicted octanol–water partition coefficient (Wildman–Crippen LogP) is 2.42. The van der Waals surface area contributed by atoms with Crippen LogP contribution in [0.5, 0.6) is 0 Å². The lowest BCUT2D eigenvalue weighted by molar-refractivity contribution is -0.127. The van der Waals surface area contributed by atoms with E-state index in [9.17, 15) is 14.0 Å². The van der Waals surface area contributed by atoms with E-state index >= 15 is 0 Å². The largest absolute Gasteiger partial charge is 0.353 e. The van der Waals surface area contributed by atoms with E-state index in [1.54, 1.807) is 23.1 Å². The number of carbonyl (C=O) groups is 2. The fourth-order valence-electron chi connectivity index (χ4n) is 4.34. The van der Waals surface area contributed by atoms with Gasteiger partial charge in [0.05, 0.1) is 11.5 Å². The molecule has 1 saturated carbocycles. The van der Waals surface area contributed by atoms with Gasteiger partial charge in [-0.3, -0.25) is 14.5 Å². The summed E-state index contributed by atoms with van der Waals surface area (Å²) in [5, 5.41) is 3.14. The number of amides is 2. The molecular formula is C21H28FN3O2. The van der Waals surface area contributed by atoms with Crippen LogP contribution in [-0.4, -0.2) is 59.9 Å². The van der Waals surface area contributed by atoms with E-state index in [-0.39, 0.29) is 23.3 Å². The molecule has 6 heteroatoms. The van der Waals surface area contributed by atoms with Crippen molar-refractivity contribution < 1.29 is 14.0 Å². The van der Waals surface area contributed by atoms with E-state index in [1.807, 2.05) is 0 Å². The number of halogens is 1. The summed E-state index contributed by atoms with van der Waals surface area (Å²) < 4.78 is 13.9. The van der Waals surface area contributed by atoms with Crippen LogP contribution in [0.3, 0.4) is 0 Å². The lowest BCUT2D eigenvalue weighted by Gasteiger charge is -2.42. The minimum atomic E-state index is -0.454. The molecular weight excluding hydrogens is 345 g/mol. The van der Waals surface area contributed by atoms with Gasteiger partial charge in [0.15, 0.2) is 0 Å². The van der Waals surface area contributed by atoms with Gasteiger partial charge in [0.25, 0.3) is 5.91 Å². The zero-order chi connectivity index (χ0) is 18.8. The van der Waals surface area contributed by atoms with Crippen LogP contribution in [0.2, 0.25) is 0 Å². The zero-order valence-electron chi connectivity index (χ0n) is 15.7. The Morgan fingerprint density at radius 1 is 1.00 bits per heavy atom. The van der Waals surface area contributed by atoms with Crippen LogP contribution in [0.15, 0.2) is 24.3 Å². The molecule has 1 aliphatic carbocycles. The van der Waals surface area contributed by atoms with Crippen molar-refractivity contribution in [1.29, 1.82) is 0 Å². The molecule has 146 valence electrons. The molecule has 0 spiro atoms. The number of hydrogen-bond acceptors (Lipinski definition) is 3. The molecule has 2 amide bonds. The topological polar surface area (TPSA) is 52.7 Å². The average molecular weight is 373 g/mol. The van der Waals surface area contributed by atoms with E-state index in [0.29, 0.717) is 25.2 Å². The van der Waals surface area contributed by atoms with E-state index in [2.05, 4.69) is 10.2 Å². The molecule has 2 saturated heterocycles. The Hall–Kier alpha value is -1.95. The first-order chi connectivity index (χ1) is 13.1. The molecule has 5 nitrogen and oxygen atoms in total. The second-order valence-corrected chi connectivity index (χ2v) is 8.12. The van der Waals surface area contributed by atoms with Crippen molar-refractivity contribution in [1.82, 2.24) is 15.1 Å². The van der Waals surface area contributed by atoms with Gasteiger partial charge in [-0.05, 0) is 57.2 Å². The highest BCUT2D eigenvalue weighted by Crippen LogP contribution is 2.26. The maximum Gasteiger partial charge on any atom is 0.256 e. The van der Waals surface area contributed by atoms with Gasteiger partial charge in [0.2, 0.25) is 5.91 Å². The summed E-state index contributed by atoms with van der Waals surface area (Å²) >= 11 is 0. The van der Waals surface area contributed by atoms with Crippen molar-refractivity contribution in [3.8, 4) is 0 Å².